The molecular weight excluding hydrogens is 164 g/mol. The van der Waals surface area contributed by atoms with Crippen molar-refractivity contribution in [2.75, 3.05) is 0 Å². The molecule has 1 aromatic rings. The average Bonchev–Trinajstić information content (AvgIpc) is 2.44. The Morgan fingerprint density at radius 2 is 2.00 bits per heavy atom. The summed E-state index contributed by atoms with van der Waals surface area (Å²) in [6, 6.07) is 0. The van der Waals surface area contributed by atoms with Gasteiger partial charge in [-0.05, 0) is 23.7 Å². The van der Waals surface area contributed by atoms with E-state index < -0.39 is 0 Å². The monoisotopic (exact) mass is 176 g/mol. The van der Waals surface area contributed by atoms with E-state index >= 15 is 0 Å². The third-order valence-corrected chi connectivity index (χ3v) is 3.89. The molecule has 12 heavy (non-hydrogen) atoms. The van der Waals surface area contributed by atoms with Crippen LogP contribution < -0.4 is 0 Å². The van der Waals surface area contributed by atoms with E-state index in [0.29, 0.717) is 0 Å². The van der Waals surface area contributed by atoms with Gasteiger partial charge in [0.2, 0.25) is 0 Å². The molecule has 0 aromatic carbocycles. The molecule has 2 heteroatoms. The van der Waals surface area contributed by atoms with E-state index in [9.17, 15) is 0 Å². The molecule has 1 aliphatic carbocycles. The Balaban J connectivity index is 2.68. The van der Waals surface area contributed by atoms with Crippen molar-refractivity contribution in [1.82, 2.24) is 0 Å². The van der Waals surface area contributed by atoms with Gasteiger partial charge < -0.3 is 4.42 Å². The highest BCUT2D eigenvalue weighted by molar-refractivity contribution is 6.75. The molecule has 1 heterocycles. The van der Waals surface area contributed by atoms with Gasteiger partial charge in [-0.25, -0.2) is 0 Å². The molecule has 2 rings (SSSR count). The van der Waals surface area contributed by atoms with E-state index in [2.05, 4.69) is 26.1 Å². The van der Waals surface area contributed by atoms with Crippen LogP contribution in [-0.2, 0) is 0 Å². The Hall–Kier alpha value is -0.893. The van der Waals surface area contributed by atoms with Crippen LogP contribution >= 0.6 is 0 Å². The number of rotatable bonds is 0. The molecular formula is C10H12OSi. The van der Waals surface area contributed by atoms with E-state index in [-0.39, 0.29) is 8.41 Å². The molecule has 0 unspecified atom stereocenters. The Bertz CT molecular complexity index is 378. The zero-order valence-corrected chi connectivity index (χ0v) is 8.64. The molecule has 1 aromatic heterocycles. The second-order valence-corrected chi connectivity index (χ2v) is 5.94. The van der Waals surface area contributed by atoms with Gasteiger partial charge in [0.1, 0.15) is 0 Å². The molecule has 0 fully saturated rings. The first kappa shape index (κ1) is 7.74. The number of hydrogen-bond acceptors (Lipinski definition) is 1. The summed E-state index contributed by atoms with van der Waals surface area (Å²) < 4.78 is 5.17. The van der Waals surface area contributed by atoms with Crippen molar-refractivity contribution in [2.24, 2.45) is 0 Å². The Morgan fingerprint density at radius 3 is 2.67 bits per heavy atom. The van der Waals surface area contributed by atoms with Crippen LogP contribution in [0, 0.1) is 0 Å². The Kier molecular flexibility index (Phi) is 1.65. The third kappa shape index (κ3) is 0.949. The molecule has 0 spiro atoms. The zero-order chi connectivity index (χ0) is 8.72. The number of hydrogen-bond donors (Lipinski definition) is 0. The van der Waals surface area contributed by atoms with Crippen LogP contribution in [0.3, 0.4) is 0 Å². The van der Waals surface area contributed by atoms with Crippen molar-refractivity contribution < 1.29 is 4.42 Å². The smallest absolute Gasteiger partial charge is 0.0983 e. The van der Waals surface area contributed by atoms with Gasteiger partial charge >= 0.3 is 0 Å². The molecule has 1 nitrogen and oxygen atoms in total. The fraction of sp³-hybridized carbons (Fsp3) is 0.300. The minimum atomic E-state index is -0.355. The van der Waals surface area contributed by atoms with Crippen molar-refractivity contribution in [3.8, 4) is 0 Å². The van der Waals surface area contributed by atoms with E-state index in [4.69, 9.17) is 4.42 Å². The summed E-state index contributed by atoms with van der Waals surface area (Å²) in [6.07, 6.45) is 5.91. The van der Waals surface area contributed by atoms with Gasteiger partial charge in [-0.3, -0.25) is 0 Å². The van der Waals surface area contributed by atoms with Gasteiger partial charge in [0.05, 0.1) is 12.5 Å². The number of fused-ring (bicyclic) bond motifs is 1. The van der Waals surface area contributed by atoms with Gasteiger partial charge in [-0.15, -0.1) is 0 Å². The maximum Gasteiger partial charge on any atom is 0.0983 e. The lowest BCUT2D eigenvalue weighted by atomic mass is 10.2. The molecule has 0 saturated heterocycles. The highest BCUT2D eigenvalue weighted by Gasteiger charge is 2.17. The summed E-state index contributed by atoms with van der Waals surface area (Å²) in [7, 11) is -0.355. The van der Waals surface area contributed by atoms with E-state index in [0.717, 1.165) is 0 Å². The molecule has 62 valence electrons. The predicted octanol–water partition coefficient (Wildman–Crippen LogP) is 2.55. The lowest BCUT2D eigenvalue weighted by Gasteiger charge is -2.01. The van der Waals surface area contributed by atoms with E-state index in [1.54, 1.807) is 0 Å². The highest BCUT2D eigenvalue weighted by Crippen LogP contribution is 2.25. The first-order valence-electron chi connectivity index (χ1n) is 4.13. The second kappa shape index (κ2) is 2.56. The van der Waals surface area contributed by atoms with Crippen molar-refractivity contribution in [2.45, 2.75) is 20.0 Å². The quantitative estimate of drug-likeness (QED) is 0.554. The van der Waals surface area contributed by atoms with Gasteiger partial charge in [0, 0.05) is 19.5 Å². The largest absolute Gasteiger partial charge is 0.471 e. The van der Waals surface area contributed by atoms with Crippen LogP contribution in [0.2, 0.25) is 13.1 Å². The summed E-state index contributed by atoms with van der Waals surface area (Å²) in [5.74, 6) is 0. The van der Waals surface area contributed by atoms with Crippen LogP contribution in [0.15, 0.2) is 22.5 Å². The summed E-state index contributed by atoms with van der Waals surface area (Å²) in [6.45, 7) is 6.83. The summed E-state index contributed by atoms with van der Waals surface area (Å²) in [5.41, 5.74) is 4.01. The summed E-state index contributed by atoms with van der Waals surface area (Å²) >= 11 is 0. The maximum absolute atomic E-state index is 5.17. The van der Waals surface area contributed by atoms with Crippen LogP contribution in [0.25, 0.3) is 6.08 Å². The second-order valence-electron chi connectivity index (χ2n) is 3.44. The van der Waals surface area contributed by atoms with Crippen LogP contribution in [0.5, 0.6) is 0 Å². The fourth-order valence-corrected chi connectivity index (χ4v) is 3.41. The summed E-state index contributed by atoms with van der Waals surface area (Å²) in [4.78, 5) is 0. The minimum Gasteiger partial charge on any atom is -0.471 e. The van der Waals surface area contributed by atoms with Crippen LogP contribution in [0.4, 0.5) is 0 Å². The third-order valence-electron chi connectivity index (χ3n) is 2.23. The van der Waals surface area contributed by atoms with Crippen molar-refractivity contribution in [3.63, 3.8) is 0 Å². The number of allylic oxidation sites excluding steroid dienone is 1. The topological polar surface area (TPSA) is 13.1 Å². The lowest BCUT2D eigenvalue weighted by molar-refractivity contribution is 0.566. The number of furan rings is 1. The van der Waals surface area contributed by atoms with E-state index in [1.165, 1.54) is 21.9 Å². The minimum absolute atomic E-state index is 0.355. The van der Waals surface area contributed by atoms with Gasteiger partial charge in [0.15, 0.2) is 0 Å². The molecule has 0 atom stereocenters. The predicted molar refractivity (Wildman–Crippen MR) is 54.0 cm³/mol. The zero-order valence-electron chi connectivity index (χ0n) is 7.64. The van der Waals surface area contributed by atoms with Crippen LogP contribution in [0.1, 0.15) is 18.1 Å². The Morgan fingerprint density at radius 1 is 1.25 bits per heavy atom. The molecule has 1 aliphatic rings. The average molecular weight is 176 g/mol. The van der Waals surface area contributed by atoms with Crippen LogP contribution in [-0.4, -0.2) is 13.6 Å². The first-order chi connectivity index (χ1) is 5.70. The fourth-order valence-electron chi connectivity index (χ4n) is 1.80. The normalized spacial score (nSPS) is 14.6. The SMILES string of the molecule is CC1=Cc2cocc2C1=[Si](C)C. The Labute approximate surface area is 73.9 Å². The highest BCUT2D eigenvalue weighted by atomic mass is 28.2. The van der Waals surface area contributed by atoms with Gasteiger partial charge in [-0.2, -0.15) is 0 Å². The van der Waals surface area contributed by atoms with Crippen molar-refractivity contribution >= 4 is 19.7 Å². The van der Waals surface area contributed by atoms with Gasteiger partial charge in [-0.1, -0.05) is 13.1 Å². The summed E-state index contributed by atoms with van der Waals surface area (Å²) in [5, 5.41) is 1.53. The van der Waals surface area contributed by atoms with Crippen molar-refractivity contribution in [3.05, 3.63) is 29.2 Å². The molecule has 0 saturated carbocycles. The van der Waals surface area contributed by atoms with Crippen molar-refractivity contribution in [1.29, 1.82) is 0 Å². The maximum atomic E-state index is 5.17. The first-order valence-corrected chi connectivity index (χ1v) is 6.63. The lowest BCUT2D eigenvalue weighted by Crippen LogP contribution is -2.09. The van der Waals surface area contributed by atoms with E-state index in [1.807, 2.05) is 12.5 Å². The molecule has 0 bridgehead atoms. The molecule has 0 N–H and O–H groups in total. The molecule has 0 radical (unpaired) electrons. The molecule has 0 aliphatic heterocycles. The standard InChI is InChI=1S/C10H12OSi/c1-7-4-8-5-11-6-9(8)10(7)12(2)3/h4-6H,1-3H3. The van der Waals surface area contributed by atoms with Gasteiger partial charge in [0.25, 0.3) is 0 Å². The molecule has 0 amide bonds.